The van der Waals surface area contributed by atoms with Gasteiger partial charge in [0.2, 0.25) is 0 Å². The van der Waals surface area contributed by atoms with Crippen LogP contribution in [0.25, 0.3) is 0 Å². The molecular formula is C6H16ClNO. The number of methoxy groups -OCH3 is 1. The molecule has 0 heterocycles. The maximum atomic E-state index is 4.89. The third kappa shape index (κ3) is 8.21. The molecule has 9 heavy (non-hydrogen) atoms. The van der Waals surface area contributed by atoms with Crippen molar-refractivity contribution < 1.29 is 22.0 Å². The average Bonchev–Trinajstić information content (AvgIpc) is 1.83. The maximum absolute atomic E-state index is 4.89. The molecule has 1 atom stereocenters. The second-order valence-corrected chi connectivity index (χ2v) is 2.05. The summed E-state index contributed by atoms with van der Waals surface area (Å²) in [5.41, 5.74) is 0. The van der Waals surface area contributed by atoms with Crippen molar-refractivity contribution in [2.24, 2.45) is 0 Å². The van der Waals surface area contributed by atoms with Crippen LogP contribution in [0.3, 0.4) is 0 Å². The van der Waals surface area contributed by atoms with Gasteiger partial charge in [0.15, 0.2) is 0 Å². The topological polar surface area (TPSA) is 13.7 Å². The molecular weight excluding hydrogens is 138 g/mol. The zero-order chi connectivity index (χ0) is 6.41. The van der Waals surface area contributed by atoms with E-state index in [-0.39, 0.29) is 12.4 Å². The van der Waals surface area contributed by atoms with Crippen molar-refractivity contribution in [2.75, 3.05) is 33.9 Å². The zero-order valence-corrected chi connectivity index (χ0v) is 7.16. The van der Waals surface area contributed by atoms with Gasteiger partial charge in [-0.05, 0) is 6.92 Å². The lowest BCUT2D eigenvalue weighted by Gasteiger charge is -2.08. The summed E-state index contributed by atoms with van der Waals surface area (Å²) in [5, 5.41) is 0. The van der Waals surface area contributed by atoms with Gasteiger partial charge in [-0.3, -0.25) is 0 Å². The predicted molar refractivity (Wildman–Crippen MR) is 34.2 cm³/mol. The van der Waals surface area contributed by atoms with Crippen LogP contribution in [0.4, 0.5) is 0 Å². The van der Waals surface area contributed by atoms with Crippen molar-refractivity contribution in [3.8, 4) is 0 Å². The summed E-state index contributed by atoms with van der Waals surface area (Å²) in [4.78, 5) is 1.52. The normalized spacial score (nSPS) is 12.3. The van der Waals surface area contributed by atoms with E-state index in [1.165, 1.54) is 11.4 Å². The maximum Gasteiger partial charge on any atom is 0.101 e. The molecule has 0 rings (SSSR count). The summed E-state index contributed by atoms with van der Waals surface area (Å²) in [6, 6.07) is 0. The lowest BCUT2D eigenvalue weighted by Crippen LogP contribution is -3.09. The molecule has 0 aromatic rings. The summed E-state index contributed by atoms with van der Waals surface area (Å²) in [6.45, 7) is 5.35. The summed E-state index contributed by atoms with van der Waals surface area (Å²) in [5.74, 6) is 0. The minimum Gasteiger partial charge on any atom is -1.00 e. The van der Waals surface area contributed by atoms with Gasteiger partial charge in [-0.2, -0.15) is 0 Å². The molecule has 3 heteroatoms. The van der Waals surface area contributed by atoms with Crippen molar-refractivity contribution in [1.82, 2.24) is 0 Å². The fourth-order valence-electron chi connectivity index (χ4n) is 0.453. The van der Waals surface area contributed by atoms with E-state index in [9.17, 15) is 0 Å². The molecule has 0 aromatic heterocycles. The molecule has 1 unspecified atom stereocenters. The number of nitrogens with one attached hydrogen (secondary N) is 1. The molecule has 0 aliphatic carbocycles. The Kier molecular flexibility index (Phi) is 10.9. The molecule has 0 bridgehead atoms. The van der Waals surface area contributed by atoms with E-state index in [1.54, 1.807) is 7.11 Å². The molecule has 0 spiro atoms. The van der Waals surface area contributed by atoms with Crippen molar-refractivity contribution >= 4 is 0 Å². The second-order valence-electron chi connectivity index (χ2n) is 2.05. The van der Waals surface area contributed by atoms with Crippen LogP contribution in [0, 0.1) is 0 Å². The van der Waals surface area contributed by atoms with Crippen LogP contribution in [0.5, 0.6) is 0 Å². The van der Waals surface area contributed by atoms with E-state index < -0.39 is 0 Å². The summed E-state index contributed by atoms with van der Waals surface area (Å²) in [7, 11) is 3.90. The van der Waals surface area contributed by atoms with Crippen LogP contribution in [0.1, 0.15) is 6.92 Å². The molecule has 0 aromatic carbocycles. The highest BCUT2D eigenvalue weighted by atomic mass is 35.5. The van der Waals surface area contributed by atoms with Crippen LogP contribution < -0.4 is 17.3 Å². The van der Waals surface area contributed by atoms with E-state index in [0.717, 1.165) is 13.2 Å². The zero-order valence-electron chi connectivity index (χ0n) is 6.41. The Morgan fingerprint density at radius 1 is 1.44 bits per heavy atom. The highest BCUT2D eigenvalue weighted by molar-refractivity contribution is 4.18. The third-order valence-corrected chi connectivity index (χ3v) is 1.34. The fraction of sp³-hybridized carbons (Fsp3) is 1.00. The lowest BCUT2D eigenvalue weighted by molar-refractivity contribution is -0.878. The summed E-state index contributed by atoms with van der Waals surface area (Å²) >= 11 is 0. The van der Waals surface area contributed by atoms with E-state index >= 15 is 0 Å². The van der Waals surface area contributed by atoms with Gasteiger partial charge in [0.05, 0.1) is 20.2 Å². The quantitative estimate of drug-likeness (QED) is 0.437. The number of rotatable bonds is 4. The first-order valence-electron chi connectivity index (χ1n) is 3.11. The Morgan fingerprint density at radius 3 is 2.33 bits per heavy atom. The van der Waals surface area contributed by atoms with Crippen molar-refractivity contribution in [1.29, 1.82) is 0 Å². The number of ether oxygens (including phenoxy) is 1. The smallest absolute Gasteiger partial charge is 0.101 e. The Balaban J connectivity index is 0. The highest BCUT2D eigenvalue weighted by Crippen LogP contribution is 1.55. The van der Waals surface area contributed by atoms with Crippen LogP contribution in [-0.2, 0) is 4.74 Å². The Bertz CT molecular complexity index is 52.3. The number of quaternary nitrogens is 1. The number of hydrogen-bond acceptors (Lipinski definition) is 1. The monoisotopic (exact) mass is 153 g/mol. The molecule has 0 fully saturated rings. The molecule has 58 valence electrons. The molecule has 0 amide bonds. The fourth-order valence-corrected chi connectivity index (χ4v) is 0.453. The lowest BCUT2D eigenvalue weighted by atomic mass is 10.5. The second kappa shape index (κ2) is 8.21. The molecule has 1 N–H and O–H groups in total. The predicted octanol–water partition coefficient (Wildman–Crippen LogP) is -3.83. The van der Waals surface area contributed by atoms with Gasteiger partial charge in [-0.1, -0.05) is 0 Å². The van der Waals surface area contributed by atoms with Crippen LogP contribution in [0.15, 0.2) is 0 Å². The average molecular weight is 154 g/mol. The first-order valence-corrected chi connectivity index (χ1v) is 3.11. The van der Waals surface area contributed by atoms with Crippen molar-refractivity contribution in [3.05, 3.63) is 0 Å². The first kappa shape index (κ1) is 11.9. The largest absolute Gasteiger partial charge is 1.00 e. The minimum atomic E-state index is 0. The Hall–Kier alpha value is 0.210. The molecule has 0 aliphatic heterocycles. The Labute approximate surface area is 63.6 Å². The van der Waals surface area contributed by atoms with Crippen LogP contribution >= 0.6 is 0 Å². The Morgan fingerprint density at radius 2 is 2.00 bits per heavy atom. The van der Waals surface area contributed by atoms with Crippen LogP contribution in [-0.4, -0.2) is 33.9 Å². The minimum absolute atomic E-state index is 0. The molecule has 0 saturated carbocycles. The van der Waals surface area contributed by atoms with Gasteiger partial charge < -0.3 is 22.0 Å². The molecule has 0 aliphatic rings. The number of halogens is 1. The summed E-state index contributed by atoms with van der Waals surface area (Å²) in [6.07, 6.45) is 0. The van der Waals surface area contributed by atoms with Gasteiger partial charge >= 0.3 is 0 Å². The van der Waals surface area contributed by atoms with Gasteiger partial charge in [0.1, 0.15) is 6.54 Å². The van der Waals surface area contributed by atoms with Gasteiger partial charge in [0, 0.05) is 7.11 Å². The van der Waals surface area contributed by atoms with Crippen LogP contribution in [0.2, 0.25) is 0 Å². The van der Waals surface area contributed by atoms with Crippen molar-refractivity contribution in [2.45, 2.75) is 6.92 Å². The van der Waals surface area contributed by atoms with Gasteiger partial charge in [-0.25, -0.2) is 0 Å². The molecule has 2 nitrogen and oxygen atoms in total. The third-order valence-electron chi connectivity index (χ3n) is 1.34. The SMILES string of the molecule is CC[NH+](C)CCOC.[Cl-]. The first-order chi connectivity index (χ1) is 3.81. The van der Waals surface area contributed by atoms with Gasteiger partial charge in [0.25, 0.3) is 0 Å². The summed E-state index contributed by atoms with van der Waals surface area (Å²) < 4.78 is 4.89. The van der Waals surface area contributed by atoms with E-state index in [1.807, 2.05) is 0 Å². The number of likely N-dealkylation sites (N-methyl/N-ethyl adjacent to an activating group) is 1. The van der Waals surface area contributed by atoms with E-state index in [2.05, 4.69) is 14.0 Å². The van der Waals surface area contributed by atoms with Gasteiger partial charge in [-0.15, -0.1) is 0 Å². The molecule has 0 radical (unpaired) electrons. The number of hydrogen-bond donors (Lipinski definition) is 1. The highest BCUT2D eigenvalue weighted by Gasteiger charge is 1.93. The standard InChI is InChI=1S/C6H15NO.ClH/c1-4-7(2)5-6-8-3;/h4-6H2,1-3H3;1H. The molecule has 0 saturated heterocycles. The van der Waals surface area contributed by atoms with E-state index in [0.29, 0.717) is 0 Å². The van der Waals surface area contributed by atoms with E-state index in [4.69, 9.17) is 4.74 Å². The van der Waals surface area contributed by atoms with Crippen molar-refractivity contribution in [3.63, 3.8) is 0 Å².